The smallest absolute Gasteiger partial charge is 0.0898 e. The van der Waals surface area contributed by atoms with Crippen LogP contribution in [0.3, 0.4) is 0 Å². The van der Waals surface area contributed by atoms with Crippen molar-refractivity contribution in [2.24, 2.45) is 0 Å². The van der Waals surface area contributed by atoms with E-state index in [1.165, 1.54) is 0 Å². The predicted octanol–water partition coefficient (Wildman–Crippen LogP) is 1.90. The molecule has 60 valence electrons. The third kappa shape index (κ3) is 1.88. The van der Waals surface area contributed by atoms with Crippen molar-refractivity contribution in [1.82, 2.24) is 10.3 Å². The van der Waals surface area contributed by atoms with Gasteiger partial charge < -0.3 is 5.32 Å². The molecule has 11 heavy (non-hydrogen) atoms. The van der Waals surface area contributed by atoms with Crippen molar-refractivity contribution >= 4 is 11.3 Å². The molecule has 3 heteroatoms. The number of thiazole rings is 1. The average molecular weight is 168 g/mol. The maximum absolute atomic E-state index is 4.34. The minimum absolute atomic E-state index is 0.194. The highest BCUT2D eigenvalue weighted by molar-refractivity contribution is 7.09. The van der Waals surface area contributed by atoms with Crippen molar-refractivity contribution in [3.05, 3.63) is 28.7 Å². The summed E-state index contributed by atoms with van der Waals surface area (Å²) in [5.74, 6) is 0. The first-order valence-electron chi connectivity index (χ1n) is 3.49. The first-order valence-corrected chi connectivity index (χ1v) is 4.37. The van der Waals surface area contributed by atoms with Crippen molar-refractivity contribution in [2.45, 2.75) is 13.0 Å². The third-order valence-corrected chi connectivity index (χ3v) is 2.29. The predicted molar refractivity (Wildman–Crippen MR) is 48.8 cm³/mol. The second-order valence-electron chi connectivity index (χ2n) is 2.29. The summed E-state index contributed by atoms with van der Waals surface area (Å²) in [6.07, 6.45) is 1.86. The van der Waals surface area contributed by atoms with Gasteiger partial charge in [0, 0.05) is 5.38 Å². The van der Waals surface area contributed by atoms with Crippen LogP contribution in [0.1, 0.15) is 16.7 Å². The Morgan fingerprint density at radius 1 is 1.82 bits per heavy atom. The normalized spacial score (nSPS) is 12.9. The lowest BCUT2D eigenvalue weighted by Gasteiger charge is -2.06. The lowest BCUT2D eigenvalue weighted by Crippen LogP contribution is -2.13. The van der Waals surface area contributed by atoms with E-state index in [-0.39, 0.29) is 6.04 Å². The first-order chi connectivity index (χ1) is 5.27. The van der Waals surface area contributed by atoms with E-state index in [9.17, 15) is 0 Å². The monoisotopic (exact) mass is 168 g/mol. The fraction of sp³-hybridized carbons (Fsp3) is 0.375. The highest BCUT2D eigenvalue weighted by Crippen LogP contribution is 2.15. The molecule has 1 N–H and O–H groups in total. The molecule has 0 saturated carbocycles. The molecule has 0 bridgehead atoms. The molecule has 0 aliphatic rings. The molecule has 1 aromatic rings. The van der Waals surface area contributed by atoms with E-state index >= 15 is 0 Å². The Bertz CT molecular complexity index is 242. The number of likely N-dealkylation sites (N-methyl/N-ethyl adjacent to an activating group) is 1. The molecule has 1 aromatic heterocycles. The molecule has 0 spiro atoms. The van der Waals surface area contributed by atoms with Crippen LogP contribution in [0.4, 0.5) is 0 Å². The SMILES string of the molecule is C=CC(NC)c1csc(C)n1. The van der Waals surface area contributed by atoms with E-state index < -0.39 is 0 Å². The van der Waals surface area contributed by atoms with Crippen LogP contribution in [0.25, 0.3) is 0 Å². The molecule has 0 aromatic carbocycles. The van der Waals surface area contributed by atoms with Crippen molar-refractivity contribution in [2.75, 3.05) is 7.05 Å². The molecule has 0 radical (unpaired) electrons. The molecule has 0 fully saturated rings. The number of nitrogens with zero attached hydrogens (tertiary/aromatic N) is 1. The first kappa shape index (κ1) is 8.43. The Balaban J connectivity index is 2.81. The van der Waals surface area contributed by atoms with Gasteiger partial charge in [0.25, 0.3) is 0 Å². The molecule has 0 aliphatic heterocycles. The topological polar surface area (TPSA) is 24.9 Å². The molecule has 0 saturated heterocycles. The maximum Gasteiger partial charge on any atom is 0.0898 e. The minimum atomic E-state index is 0.194. The fourth-order valence-corrected chi connectivity index (χ4v) is 1.56. The van der Waals surface area contributed by atoms with E-state index in [0.29, 0.717) is 0 Å². The summed E-state index contributed by atoms with van der Waals surface area (Å²) in [6.45, 7) is 5.72. The van der Waals surface area contributed by atoms with Gasteiger partial charge in [0.2, 0.25) is 0 Å². The van der Waals surface area contributed by atoms with Crippen LogP contribution in [0.2, 0.25) is 0 Å². The number of aromatic nitrogens is 1. The van der Waals surface area contributed by atoms with Gasteiger partial charge in [-0.05, 0) is 14.0 Å². The van der Waals surface area contributed by atoms with Crippen LogP contribution in [0.5, 0.6) is 0 Å². The van der Waals surface area contributed by atoms with Crippen molar-refractivity contribution in [1.29, 1.82) is 0 Å². The summed E-state index contributed by atoms with van der Waals surface area (Å²) in [5.41, 5.74) is 1.06. The lowest BCUT2D eigenvalue weighted by molar-refractivity contribution is 0.697. The van der Waals surface area contributed by atoms with Crippen LogP contribution in [-0.4, -0.2) is 12.0 Å². The summed E-state index contributed by atoms with van der Waals surface area (Å²) in [7, 11) is 1.90. The van der Waals surface area contributed by atoms with Crippen molar-refractivity contribution < 1.29 is 0 Å². The Morgan fingerprint density at radius 3 is 2.91 bits per heavy atom. The fourth-order valence-electron chi connectivity index (χ4n) is 0.909. The zero-order chi connectivity index (χ0) is 8.27. The zero-order valence-corrected chi connectivity index (χ0v) is 7.61. The van der Waals surface area contributed by atoms with Gasteiger partial charge in [0.1, 0.15) is 0 Å². The van der Waals surface area contributed by atoms with Gasteiger partial charge in [-0.1, -0.05) is 6.08 Å². The Kier molecular flexibility index (Phi) is 2.79. The van der Waals surface area contributed by atoms with Gasteiger partial charge in [-0.3, -0.25) is 0 Å². The van der Waals surface area contributed by atoms with Gasteiger partial charge in [0.15, 0.2) is 0 Å². The second kappa shape index (κ2) is 3.64. The molecule has 1 rings (SSSR count). The average Bonchev–Trinajstić information content (AvgIpc) is 2.39. The van der Waals surface area contributed by atoms with E-state index in [0.717, 1.165) is 10.7 Å². The van der Waals surface area contributed by atoms with Crippen LogP contribution in [0, 0.1) is 6.92 Å². The maximum atomic E-state index is 4.34. The van der Waals surface area contributed by atoms with Crippen LogP contribution in [0.15, 0.2) is 18.0 Å². The lowest BCUT2D eigenvalue weighted by atomic mass is 10.2. The van der Waals surface area contributed by atoms with Gasteiger partial charge in [0.05, 0.1) is 16.7 Å². The van der Waals surface area contributed by atoms with Gasteiger partial charge >= 0.3 is 0 Å². The van der Waals surface area contributed by atoms with Crippen LogP contribution < -0.4 is 5.32 Å². The molecular formula is C8H12N2S. The Hall–Kier alpha value is -0.670. The summed E-state index contributed by atoms with van der Waals surface area (Å²) < 4.78 is 0. The Morgan fingerprint density at radius 2 is 2.55 bits per heavy atom. The molecule has 1 atom stereocenters. The van der Waals surface area contributed by atoms with E-state index in [4.69, 9.17) is 0 Å². The summed E-state index contributed by atoms with van der Waals surface area (Å²) in [5, 5.41) is 6.26. The summed E-state index contributed by atoms with van der Waals surface area (Å²) in [4.78, 5) is 4.34. The quantitative estimate of drug-likeness (QED) is 0.697. The second-order valence-corrected chi connectivity index (χ2v) is 3.36. The van der Waals surface area contributed by atoms with Crippen molar-refractivity contribution in [3.63, 3.8) is 0 Å². The summed E-state index contributed by atoms with van der Waals surface area (Å²) in [6, 6.07) is 0.194. The number of rotatable bonds is 3. The minimum Gasteiger partial charge on any atom is -0.309 e. The number of hydrogen-bond acceptors (Lipinski definition) is 3. The zero-order valence-electron chi connectivity index (χ0n) is 6.79. The molecule has 2 nitrogen and oxygen atoms in total. The molecular weight excluding hydrogens is 156 g/mol. The molecule has 1 unspecified atom stereocenters. The highest BCUT2D eigenvalue weighted by Gasteiger charge is 2.06. The van der Waals surface area contributed by atoms with Crippen molar-refractivity contribution in [3.8, 4) is 0 Å². The Labute approximate surface area is 71.0 Å². The van der Waals surface area contributed by atoms with E-state index in [2.05, 4.69) is 22.3 Å². The summed E-state index contributed by atoms with van der Waals surface area (Å²) >= 11 is 1.66. The van der Waals surface area contributed by atoms with Crippen LogP contribution in [-0.2, 0) is 0 Å². The van der Waals surface area contributed by atoms with Gasteiger partial charge in [-0.25, -0.2) is 4.98 Å². The number of hydrogen-bond donors (Lipinski definition) is 1. The van der Waals surface area contributed by atoms with E-state index in [1.54, 1.807) is 11.3 Å². The standard InChI is InChI=1S/C8H12N2S/c1-4-7(9-3)8-5-11-6(2)10-8/h4-5,7,9H,1H2,2-3H3. The number of aryl methyl sites for hydroxylation is 1. The molecule has 0 aliphatic carbocycles. The highest BCUT2D eigenvalue weighted by atomic mass is 32.1. The van der Waals surface area contributed by atoms with Crippen LogP contribution >= 0.6 is 11.3 Å². The molecule has 1 heterocycles. The molecule has 0 amide bonds. The van der Waals surface area contributed by atoms with E-state index in [1.807, 2.05) is 20.0 Å². The van der Waals surface area contributed by atoms with Gasteiger partial charge in [-0.2, -0.15) is 0 Å². The van der Waals surface area contributed by atoms with Gasteiger partial charge in [-0.15, -0.1) is 17.9 Å². The largest absolute Gasteiger partial charge is 0.309 e. The number of nitrogens with one attached hydrogen (secondary N) is 1. The third-order valence-electron chi connectivity index (χ3n) is 1.50.